The molecule has 1 N–H and O–H groups in total. The van der Waals surface area contributed by atoms with Gasteiger partial charge in [0.1, 0.15) is 5.82 Å². The highest BCUT2D eigenvalue weighted by molar-refractivity contribution is 6.34. The lowest BCUT2D eigenvalue weighted by atomic mass is 10.0. The second-order valence-electron chi connectivity index (χ2n) is 4.62. The smallest absolute Gasteiger partial charge is 0.256 e. The standard InChI is InChI=1S/C16H12FNO/c1-10-3-2-4-11(7-10)8-14-13-9-12(17)5-6-15(13)18-16(14)19/h2-9H,1H3,(H,18,19). The Hall–Kier alpha value is -2.42. The molecule has 3 heteroatoms. The minimum atomic E-state index is -0.342. The summed E-state index contributed by atoms with van der Waals surface area (Å²) in [6.07, 6.45) is 1.79. The van der Waals surface area contributed by atoms with Gasteiger partial charge in [-0.1, -0.05) is 29.8 Å². The molecule has 94 valence electrons. The van der Waals surface area contributed by atoms with Crippen molar-refractivity contribution in [2.45, 2.75) is 6.92 Å². The molecule has 0 aliphatic carbocycles. The molecule has 0 radical (unpaired) electrons. The Labute approximate surface area is 110 Å². The molecule has 2 aromatic rings. The minimum Gasteiger partial charge on any atom is -0.321 e. The monoisotopic (exact) mass is 253 g/mol. The summed E-state index contributed by atoms with van der Waals surface area (Å²) in [6, 6.07) is 12.1. The van der Waals surface area contributed by atoms with Gasteiger partial charge in [0.05, 0.1) is 0 Å². The van der Waals surface area contributed by atoms with Crippen molar-refractivity contribution in [3.8, 4) is 0 Å². The fourth-order valence-corrected chi connectivity index (χ4v) is 2.23. The van der Waals surface area contributed by atoms with Crippen LogP contribution in [0.3, 0.4) is 0 Å². The molecule has 0 saturated carbocycles. The van der Waals surface area contributed by atoms with Crippen LogP contribution in [0.4, 0.5) is 10.1 Å². The zero-order valence-corrected chi connectivity index (χ0v) is 10.4. The van der Waals surface area contributed by atoms with E-state index in [2.05, 4.69) is 5.32 Å². The summed E-state index contributed by atoms with van der Waals surface area (Å²) >= 11 is 0. The first-order chi connectivity index (χ1) is 9.13. The average molecular weight is 253 g/mol. The van der Waals surface area contributed by atoms with Crippen molar-refractivity contribution in [2.24, 2.45) is 0 Å². The topological polar surface area (TPSA) is 29.1 Å². The van der Waals surface area contributed by atoms with E-state index in [1.807, 2.05) is 31.2 Å². The quantitative estimate of drug-likeness (QED) is 0.772. The summed E-state index contributed by atoms with van der Waals surface area (Å²) < 4.78 is 13.3. The molecule has 0 fully saturated rings. The van der Waals surface area contributed by atoms with Crippen LogP contribution in [0.2, 0.25) is 0 Å². The Balaban J connectivity index is 2.11. The van der Waals surface area contributed by atoms with Crippen LogP contribution in [0, 0.1) is 12.7 Å². The fraction of sp³-hybridized carbons (Fsp3) is 0.0625. The van der Waals surface area contributed by atoms with E-state index in [-0.39, 0.29) is 11.7 Å². The maximum absolute atomic E-state index is 13.3. The van der Waals surface area contributed by atoms with Crippen molar-refractivity contribution in [3.05, 3.63) is 65.0 Å². The van der Waals surface area contributed by atoms with E-state index < -0.39 is 0 Å². The van der Waals surface area contributed by atoms with Gasteiger partial charge in [-0.2, -0.15) is 0 Å². The molecule has 0 spiro atoms. The molecule has 0 atom stereocenters. The first-order valence-electron chi connectivity index (χ1n) is 6.03. The first kappa shape index (κ1) is 11.7. The van der Waals surface area contributed by atoms with Gasteiger partial charge in [-0.05, 0) is 36.8 Å². The van der Waals surface area contributed by atoms with Crippen LogP contribution in [0.5, 0.6) is 0 Å². The van der Waals surface area contributed by atoms with Gasteiger partial charge in [-0.25, -0.2) is 4.39 Å². The summed E-state index contributed by atoms with van der Waals surface area (Å²) in [5.74, 6) is -0.535. The minimum absolute atomic E-state index is 0.192. The van der Waals surface area contributed by atoms with Crippen molar-refractivity contribution in [3.63, 3.8) is 0 Å². The van der Waals surface area contributed by atoms with Crippen molar-refractivity contribution >= 4 is 23.2 Å². The van der Waals surface area contributed by atoms with Crippen molar-refractivity contribution in [1.82, 2.24) is 0 Å². The third-order valence-electron chi connectivity index (χ3n) is 3.12. The van der Waals surface area contributed by atoms with Gasteiger partial charge in [0, 0.05) is 16.8 Å². The number of carbonyl (C=O) groups excluding carboxylic acids is 1. The maximum atomic E-state index is 13.3. The van der Waals surface area contributed by atoms with Gasteiger partial charge < -0.3 is 5.32 Å². The molecule has 1 amide bonds. The lowest BCUT2D eigenvalue weighted by Crippen LogP contribution is -2.03. The van der Waals surface area contributed by atoms with Crippen LogP contribution in [0.1, 0.15) is 16.7 Å². The second-order valence-corrected chi connectivity index (χ2v) is 4.62. The maximum Gasteiger partial charge on any atom is 0.256 e. The number of rotatable bonds is 1. The third-order valence-corrected chi connectivity index (χ3v) is 3.12. The highest BCUT2D eigenvalue weighted by atomic mass is 19.1. The van der Waals surface area contributed by atoms with Gasteiger partial charge in [0.2, 0.25) is 0 Å². The molecule has 19 heavy (non-hydrogen) atoms. The van der Waals surface area contributed by atoms with E-state index in [4.69, 9.17) is 0 Å². The van der Waals surface area contributed by atoms with Gasteiger partial charge >= 0.3 is 0 Å². The van der Waals surface area contributed by atoms with Crippen molar-refractivity contribution < 1.29 is 9.18 Å². The van der Waals surface area contributed by atoms with Gasteiger partial charge in [-0.15, -0.1) is 0 Å². The summed E-state index contributed by atoms with van der Waals surface area (Å²) in [5, 5.41) is 2.74. The van der Waals surface area contributed by atoms with Gasteiger partial charge in [-0.3, -0.25) is 4.79 Å². The highest BCUT2D eigenvalue weighted by Gasteiger charge is 2.24. The average Bonchev–Trinajstić information content (AvgIpc) is 2.66. The predicted octanol–water partition coefficient (Wildman–Crippen LogP) is 3.63. The van der Waals surface area contributed by atoms with E-state index in [0.29, 0.717) is 16.8 Å². The SMILES string of the molecule is Cc1cccc(C=C2C(=O)Nc3ccc(F)cc32)c1. The Morgan fingerprint density at radius 2 is 2.00 bits per heavy atom. The number of hydrogen-bond donors (Lipinski definition) is 1. The summed E-state index contributed by atoms with van der Waals surface area (Å²) in [4.78, 5) is 11.9. The van der Waals surface area contributed by atoms with Crippen LogP contribution in [-0.4, -0.2) is 5.91 Å². The summed E-state index contributed by atoms with van der Waals surface area (Å²) in [6.45, 7) is 1.99. The molecular formula is C16H12FNO. The normalized spacial score (nSPS) is 15.5. The number of anilines is 1. The first-order valence-corrected chi connectivity index (χ1v) is 6.03. The number of carbonyl (C=O) groups is 1. The lowest BCUT2D eigenvalue weighted by Gasteiger charge is -2.00. The van der Waals surface area contributed by atoms with E-state index in [9.17, 15) is 9.18 Å². The highest BCUT2D eigenvalue weighted by Crippen LogP contribution is 2.33. The number of fused-ring (bicyclic) bond motifs is 1. The number of nitrogens with one attached hydrogen (secondary N) is 1. The van der Waals surface area contributed by atoms with E-state index in [0.717, 1.165) is 11.1 Å². The zero-order chi connectivity index (χ0) is 13.4. The van der Waals surface area contributed by atoms with Crippen LogP contribution in [0.15, 0.2) is 42.5 Å². The molecule has 0 aromatic heterocycles. The molecule has 3 rings (SSSR count). The van der Waals surface area contributed by atoms with Crippen LogP contribution in [-0.2, 0) is 4.79 Å². The molecule has 0 unspecified atom stereocenters. The molecule has 2 aromatic carbocycles. The van der Waals surface area contributed by atoms with E-state index in [1.165, 1.54) is 12.1 Å². The van der Waals surface area contributed by atoms with E-state index >= 15 is 0 Å². The van der Waals surface area contributed by atoms with Crippen molar-refractivity contribution in [2.75, 3.05) is 5.32 Å². The largest absolute Gasteiger partial charge is 0.321 e. The third kappa shape index (κ3) is 2.15. The lowest BCUT2D eigenvalue weighted by molar-refractivity contribution is -0.110. The van der Waals surface area contributed by atoms with Crippen LogP contribution < -0.4 is 5.32 Å². The molecule has 1 aliphatic rings. The molecule has 1 heterocycles. The molecule has 2 nitrogen and oxygen atoms in total. The van der Waals surface area contributed by atoms with Gasteiger partial charge in [0.15, 0.2) is 0 Å². The fourth-order valence-electron chi connectivity index (χ4n) is 2.23. The van der Waals surface area contributed by atoms with Crippen LogP contribution in [0.25, 0.3) is 11.6 Å². The number of benzene rings is 2. The van der Waals surface area contributed by atoms with Crippen molar-refractivity contribution in [1.29, 1.82) is 0 Å². The Kier molecular flexibility index (Phi) is 2.67. The summed E-state index contributed by atoms with van der Waals surface area (Å²) in [5.41, 5.74) is 3.83. The van der Waals surface area contributed by atoms with Gasteiger partial charge in [0.25, 0.3) is 5.91 Å². The number of hydrogen-bond acceptors (Lipinski definition) is 1. The predicted molar refractivity (Wildman–Crippen MR) is 74.1 cm³/mol. The molecule has 0 bridgehead atoms. The molecular weight excluding hydrogens is 241 g/mol. The second kappa shape index (κ2) is 4.35. The number of amides is 1. The number of aryl methyl sites for hydroxylation is 1. The summed E-state index contributed by atoms with van der Waals surface area (Å²) in [7, 11) is 0. The number of halogens is 1. The Morgan fingerprint density at radius 1 is 1.16 bits per heavy atom. The molecule has 1 aliphatic heterocycles. The molecule has 0 saturated heterocycles. The Morgan fingerprint density at radius 3 is 2.79 bits per heavy atom. The Bertz CT molecular complexity index is 704. The van der Waals surface area contributed by atoms with E-state index in [1.54, 1.807) is 12.1 Å². The van der Waals surface area contributed by atoms with Crippen LogP contribution >= 0.6 is 0 Å². The zero-order valence-electron chi connectivity index (χ0n) is 10.4.